The lowest BCUT2D eigenvalue weighted by atomic mass is 10.1. The van der Waals surface area contributed by atoms with Gasteiger partial charge in [-0.25, -0.2) is 0 Å². The van der Waals surface area contributed by atoms with Crippen LogP contribution in [0.2, 0.25) is 5.02 Å². The number of terminal acetylenes is 1. The molecule has 0 radical (unpaired) electrons. The Labute approximate surface area is 147 Å². The van der Waals surface area contributed by atoms with E-state index in [0.717, 1.165) is 6.07 Å². The molecule has 2 atom stereocenters. The molecule has 2 unspecified atom stereocenters. The van der Waals surface area contributed by atoms with Gasteiger partial charge in [0.25, 0.3) is 11.4 Å². The minimum absolute atomic E-state index is 0.310. The van der Waals surface area contributed by atoms with E-state index in [0.29, 0.717) is 6.07 Å². The third-order valence-corrected chi connectivity index (χ3v) is 3.74. The number of rotatable bonds is 5. The normalized spacial score (nSPS) is 12.8. The first-order valence-electron chi connectivity index (χ1n) is 5.26. The standard InChI is InChI=1S/C11H5Cl2IN2O6/c1-2-8(14)22-11(17)10(13)6-3-5(15(18)19)4-7(9(6)12)16(20)21/h1,3-4,8,10H. The zero-order chi connectivity index (χ0) is 17.0. The summed E-state index contributed by atoms with van der Waals surface area (Å²) in [6.45, 7) is 0. The number of hydrogen-bond donors (Lipinski definition) is 0. The highest BCUT2D eigenvalue weighted by Crippen LogP contribution is 2.38. The van der Waals surface area contributed by atoms with E-state index in [2.05, 4.69) is 5.92 Å². The second-order valence-electron chi connectivity index (χ2n) is 3.66. The number of carbonyl (C=O) groups excluding carboxylic acids is 1. The van der Waals surface area contributed by atoms with Crippen LogP contribution in [0.3, 0.4) is 0 Å². The Bertz CT molecular complexity index is 690. The van der Waals surface area contributed by atoms with Crippen LogP contribution in [0.25, 0.3) is 0 Å². The van der Waals surface area contributed by atoms with Crippen molar-refractivity contribution < 1.29 is 19.4 Å². The van der Waals surface area contributed by atoms with E-state index in [1.165, 1.54) is 0 Å². The molecule has 0 aliphatic rings. The molecule has 1 rings (SSSR count). The van der Waals surface area contributed by atoms with Gasteiger partial charge >= 0.3 is 5.97 Å². The molecule has 11 heteroatoms. The van der Waals surface area contributed by atoms with Crippen molar-refractivity contribution in [3.05, 3.63) is 42.9 Å². The van der Waals surface area contributed by atoms with Gasteiger partial charge in [-0.2, -0.15) is 0 Å². The van der Waals surface area contributed by atoms with E-state index in [1.54, 1.807) is 22.6 Å². The topological polar surface area (TPSA) is 113 Å². The third-order valence-electron chi connectivity index (χ3n) is 2.30. The predicted octanol–water partition coefficient (Wildman–Crippen LogP) is 3.37. The summed E-state index contributed by atoms with van der Waals surface area (Å²) in [7, 11) is 0. The number of nitro benzene ring substituents is 2. The number of alkyl halides is 2. The average molecular weight is 459 g/mol. The lowest BCUT2D eigenvalue weighted by Gasteiger charge is -2.12. The van der Waals surface area contributed by atoms with Crippen LogP contribution in [0.1, 0.15) is 10.9 Å². The first-order chi connectivity index (χ1) is 10.2. The molecule has 8 nitrogen and oxygen atoms in total. The van der Waals surface area contributed by atoms with Gasteiger partial charge in [-0.05, 0) is 22.6 Å². The average Bonchev–Trinajstić information content (AvgIpc) is 2.45. The van der Waals surface area contributed by atoms with E-state index < -0.39 is 41.7 Å². The molecule has 0 aromatic heterocycles. The van der Waals surface area contributed by atoms with Gasteiger partial charge in [0.05, 0.1) is 15.9 Å². The molecule has 1 aromatic rings. The summed E-state index contributed by atoms with van der Waals surface area (Å²) in [4.78, 5) is 31.7. The van der Waals surface area contributed by atoms with Gasteiger partial charge in [0.15, 0.2) is 5.38 Å². The molecule has 0 heterocycles. The number of carbonyl (C=O) groups is 1. The van der Waals surface area contributed by atoms with Crippen molar-refractivity contribution in [3.8, 4) is 12.3 Å². The summed E-state index contributed by atoms with van der Waals surface area (Å²) in [6.07, 6.45) is 5.03. The molecule has 0 spiro atoms. The highest BCUT2D eigenvalue weighted by molar-refractivity contribution is 14.1. The molecule has 0 bridgehead atoms. The maximum absolute atomic E-state index is 11.8. The summed E-state index contributed by atoms with van der Waals surface area (Å²) in [6, 6.07) is 1.54. The summed E-state index contributed by atoms with van der Waals surface area (Å²) < 4.78 is 3.83. The molecule has 1 aromatic carbocycles. The molecule has 22 heavy (non-hydrogen) atoms. The van der Waals surface area contributed by atoms with Crippen LogP contribution < -0.4 is 0 Å². The van der Waals surface area contributed by atoms with Crippen molar-refractivity contribution in [2.75, 3.05) is 0 Å². The van der Waals surface area contributed by atoms with Gasteiger partial charge in [0.2, 0.25) is 4.11 Å². The molecule has 0 aliphatic heterocycles. The number of halogens is 3. The molecule has 0 amide bonds. The second-order valence-corrected chi connectivity index (χ2v) is 5.61. The lowest BCUT2D eigenvalue weighted by Crippen LogP contribution is -2.16. The second kappa shape index (κ2) is 7.57. The lowest BCUT2D eigenvalue weighted by molar-refractivity contribution is -0.394. The van der Waals surface area contributed by atoms with Crippen LogP contribution in [0.4, 0.5) is 11.4 Å². The number of hydrogen-bond acceptors (Lipinski definition) is 6. The Morgan fingerprint density at radius 2 is 1.95 bits per heavy atom. The van der Waals surface area contributed by atoms with Gasteiger partial charge < -0.3 is 4.74 Å². The third kappa shape index (κ3) is 4.19. The van der Waals surface area contributed by atoms with E-state index >= 15 is 0 Å². The van der Waals surface area contributed by atoms with Crippen LogP contribution in [-0.2, 0) is 9.53 Å². The molecule has 0 saturated carbocycles. The minimum atomic E-state index is -1.59. The van der Waals surface area contributed by atoms with Crippen molar-refractivity contribution >= 4 is 63.1 Å². The van der Waals surface area contributed by atoms with Crippen molar-refractivity contribution in [2.24, 2.45) is 0 Å². The summed E-state index contributed by atoms with van der Waals surface area (Å²) in [5.74, 6) is 1.08. The first-order valence-corrected chi connectivity index (χ1v) is 7.32. The van der Waals surface area contributed by atoms with Gasteiger partial charge in [-0.15, -0.1) is 18.0 Å². The quantitative estimate of drug-likeness (QED) is 0.167. The fourth-order valence-corrected chi connectivity index (χ4v) is 2.18. The van der Waals surface area contributed by atoms with E-state index in [9.17, 15) is 25.0 Å². The monoisotopic (exact) mass is 458 g/mol. The fraction of sp³-hybridized carbons (Fsp3) is 0.182. The maximum Gasteiger partial charge on any atom is 0.330 e. The Morgan fingerprint density at radius 3 is 2.41 bits per heavy atom. The highest BCUT2D eigenvalue weighted by atomic mass is 127. The number of non-ortho nitro benzene ring substituents is 1. The number of esters is 1. The number of ether oxygens (including phenoxy) is 1. The zero-order valence-electron chi connectivity index (χ0n) is 10.4. The van der Waals surface area contributed by atoms with Crippen molar-refractivity contribution in [2.45, 2.75) is 9.49 Å². The smallest absolute Gasteiger partial charge is 0.330 e. The highest BCUT2D eigenvalue weighted by Gasteiger charge is 2.31. The predicted molar refractivity (Wildman–Crippen MR) is 86.1 cm³/mol. The Hall–Kier alpha value is -1.64. The summed E-state index contributed by atoms with van der Waals surface area (Å²) >= 11 is 13.3. The molecular weight excluding hydrogens is 454 g/mol. The Morgan fingerprint density at radius 1 is 1.36 bits per heavy atom. The van der Waals surface area contributed by atoms with Crippen molar-refractivity contribution in [1.82, 2.24) is 0 Å². The Balaban J connectivity index is 3.33. The summed E-state index contributed by atoms with van der Waals surface area (Å²) in [5, 5.41) is 19.6. The summed E-state index contributed by atoms with van der Waals surface area (Å²) in [5.41, 5.74) is -1.69. The van der Waals surface area contributed by atoms with Gasteiger partial charge in [-0.1, -0.05) is 17.5 Å². The zero-order valence-corrected chi connectivity index (χ0v) is 14.0. The van der Waals surface area contributed by atoms with Crippen LogP contribution in [-0.4, -0.2) is 19.9 Å². The SMILES string of the molecule is C#CC(I)OC(=O)C(Cl)c1cc([N+](=O)[O-])cc([N+](=O)[O-])c1Cl. The minimum Gasteiger partial charge on any atom is -0.438 e. The molecule has 0 fully saturated rings. The van der Waals surface area contributed by atoms with Crippen molar-refractivity contribution in [3.63, 3.8) is 0 Å². The van der Waals surface area contributed by atoms with Crippen molar-refractivity contribution in [1.29, 1.82) is 0 Å². The first kappa shape index (κ1) is 18.4. The van der Waals surface area contributed by atoms with Gasteiger partial charge in [0.1, 0.15) is 5.02 Å². The maximum atomic E-state index is 11.8. The molecule has 0 saturated heterocycles. The van der Waals surface area contributed by atoms with Crippen LogP contribution in [0.15, 0.2) is 12.1 Å². The molecular formula is C11H5Cl2IN2O6. The van der Waals surface area contributed by atoms with Crippen LogP contribution in [0.5, 0.6) is 0 Å². The van der Waals surface area contributed by atoms with Gasteiger partial charge in [0, 0.05) is 11.6 Å². The number of nitrogens with zero attached hydrogens (tertiary/aromatic N) is 2. The van der Waals surface area contributed by atoms with E-state index in [-0.39, 0.29) is 5.56 Å². The Kier molecular flexibility index (Phi) is 6.34. The van der Waals surface area contributed by atoms with Crippen LogP contribution >= 0.6 is 45.8 Å². The molecule has 0 aliphatic carbocycles. The number of benzene rings is 1. The largest absolute Gasteiger partial charge is 0.438 e. The molecule has 0 N–H and O–H groups in total. The van der Waals surface area contributed by atoms with E-state index in [1.807, 2.05) is 0 Å². The van der Waals surface area contributed by atoms with E-state index in [4.69, 9.17) is 34.4 Å². The molecule has 116 valence electrons. The van der Waals surface area contributed by atoms with Gasteiger partial charge in [-0.3, -0.25) is 25.0 Å². The fourth-order valence-electron chi connectivity index (χ4n) is 1.36. The van der Waals surface area contributed by atoms with Crippen LogP contribution in [0, 0.1) is 32.6 Å². The number of nitro groups is 2.